The molecule has 3 fully saturated rings. The van der Waals surface area contributed by atoms with Crippen LogP contribution in [0.3, 0.4) is 0 Å². The van der Waals surface area contributed by atoms with Gasteiger partial charge in [-0.25, -0.2) is 4.98 Å². The molecule has 6 rings (SSSR count). The predicted molar refractivity (Wildman–Crippen MR) is 127 cm³/mol. The van der Waals surface area contributed by atoms with E-state index in [0.29, 0.717) is 46.3 Å². The minimum atomic E-state index is -0.659. The normalized spacial score (nSPS) is 28.6. The number of hydrogen-bond acceptors (Lipinski definition) is 8. The molecule has 5 atom stereocenters. The monoisotopic (exact) mass is 484 g/mol. The summed E-state index contributed by atoms with van der Waals surface area (Å²) in [5.74, 6) is 0.396. The number of aliphatic hydroxyl groups is 2. The zero-order valence-corrected chi connectivity index (χ0v) is 19.0. The third kappa shape index (κ3) is 3.64. The molecule has 0 amide bonds. The van der Waals surface area contributed by atoms with E-state index >= 15 is 0 Å². The van der Waals surface area contributed by atoms with E-state index in [-0.39, 0.29) is 18.8 Å². The lowest BCUT2D eigenvalue weighted by Crippen LogP contribution is -2.34. The van der Waals surface area contributed by atoms with Crippen molar-refractivity contribution >= 4 is 34.5 Å². The first kappa shape index (κ1) is 21.8. The number of rotatable bonds is 5. The Hall–Kier alpha value is -2.69. The largest absolute Gasteiger partial charge is 0.470 e. The Balaban J connectivity index is 1.30. The van der Waals surface area contributed by atoms with Crippen molar-refractivity contribution in [1.82, 2.24) is 9.97 Å². The van der Waals surface area contributed by atoms with Crippen LogP contribution in [0.4, 0.5) is 5.69 Å². The SMILES string of the molecule is N=Cc1c(O[C@@H]2CO[C@H]3[C@@H]2OC[C@H]3O)[nH]c2cc(Cl)c(-c3ccc(N4CC[C@@H](O)C4)cc3)nc12. The standard InChI is InChI=1S/C24H25ClN4O5/c25-16-7-17-21(28-20(16)12-1-3-13(4-2-12)29-6-5-14(30)9-29)15(8-26)24(27-17)34-19-11-33-22-18(31)10-32-23(19)22/h1-4,7-8,14,18-19,22-23,26-27,30-31H,5-6,9-11H2/t14-,18-,19-,22-,23-/m1/s1. The Labute approximate surface area is 200 Å². The van der Waals surface area contributed by atoms with Gasteiger partial charge in [-0.2, -0.15) is 0 Å². The van der Waals surface area contributed by atoms with Crippen LogP contribution in [0.1, 0.15) is 12.0 Å². The summed E-state index contributed by atoms with van der Waals surface area (Å²) in [4.78, 5) is 10.1. The summed E-state index contributed by atoms with van der Waals surface area (Å²) in [5.41, 5.74) is 4.27. The molecule has 0 spiro atoms. The number of ether oxygens (including phenoxy) is 3. The van der Waals surface area contributed by atoms with E-state index in [1.807, 2.05) is 24.3 Å². The minimum Gasteiger partial charge on any atom is -0.470 e. The van der Waals surface area contributed by atoms with Crippen molar-refractivity contribution < 1.29 is 24.4 Å². The van der Waals surface area contributed by atoms with Gasteiger partial charge >= 0.3 is 0 Å². The maximum Gasteiger partial charge on any atom is 0.203 e. The first-order valence-electron chi connectivity index (χ1n) is 11.4. The van der Waals surface area contributed by atoms with Crippen LogP contribution in [-0.2, 0) is 9.47 Å². The molecule has 10 heteroatoms. The molecular formula is C24H25ClN4O5. The molecule has 2 aromatic heterocycles. The average molecular weight is 485 g/mol. The number of nitrogens with zero attached hydrogens (tertiary/aromatic N) is 2. The van der Waals surface area contributed by atoms with Crippen molar-refractivity contribution in [3.63, 3.8) is 0 Å². The van der Waals surface area contributed by atoms with Gasteiger partial charge in [0.05, 0.1) is 41.1 Å². The number of fused-ring (bicyclic) bond motifs is 2. The summed E-state index contributed by atoms with van der Waals surface area (Å²) in [6.07, 6.45) is -0.120. The fourth-order valence-corrected chi connectivity index (χ4v) is 5.28. The highest BCUT2D eigenvalue weighted by atomic mass is 35.5. The van der Waals surface area contributed by atoms with Gasteiger partial charge in [0.2, 0.25) is 5.88 Å². The number of aromatic amines is 1. The number of β-amino-alcohol motifs (C(OH)–C–C–N with tert-alkyl or cyclic N) is 1. The Morgan fingerprint density at radius 3 is 2.71 bits per heavy atom. The lowest BCUT2D eigenvalue weighted by atomic mass is 10.1. The fourth-order valence-electron chi connectivity index (χ4n) is 5.02. The number of aliphatic hydroxyl groups excluding tert-OH is 2. The number of aromatic nitrogens is 2. The van der Waals surface area contributed by atoms with Gasteiger partial charge < -0.3 is 39.7 Å². The molecule has 4 N–H and O–H groups in total. The van der Waals surface area contributed by atoms with Crippen LogP contribution >= 0.6 is 11.6 Å². The van der Waals surface area contributed by atoms with E-state index in [2.05, 4.69) is 9.88 Å². The molecule has 0 radical (unpaired) electrons. The zero-order valence-electron chi connectivity index (χ0n) is 18.3. The lowest BCUT2D eigenvalue weighted by Gasteiger charge is -2.18. The molecular weight excluding hydrogens is 460 g/mol. The van der Waals surface area contributed by atoms with E-state index < -0.39 is 18.3 Å². The average Bonchev–Trinajstić information content (AvgIpc) is 3.60. The summed E-state index contributed by atoms with van der Waals surface area (Å²) in [7, 11) is 0. The van der Waals surface area contributed by atoms with Crippen LogP contribution in [0.5, 0.6) is 5.88 Å². The van der Waals surface area contributed by atoms with Crippen molar-refractivity contribution in [2.24, 2.45) is 0 Å². The number of hydrogen-bond donors (Lipinski definition) is 4. The van der Waals surface area contributed by atoms with E-state index in [1.165, 1.54) is 6.21 Å². The van der Waals surface area contributed by atoms with Crippen LogP contribution < -0.4 is 9.64 Å². The Bertz CT molecular complexity index is 1230. The van der Waals surface area contributed by atoms with Crippen molar-refractivity contribution in [2.45, 2.75) is 36.9 Å². The van der Waals surface area contributed by atoms with E-state index in [9.17, 15) is 10.2 Å². The molecule has 34 heavy (non-hydrogen) atoms. The third-order valence-electron chi connectivity index (χ3n) is 6.79. The van der Waals surface area contributed by atoms with Gasteiger partial charge in [-0.15, -0.1) is 0 Å². The van der Waals surface area contributed by atoms with Crippen molar-refractivity contribution in [3.8, 4) is 17.1 Å². The topological polar surface area (TPSA) is 124 Å². The first-order valence-corrected chi connectivity index (χ1v) is 11.7. The van der Waals surface area contributed by atoms with Gasteiger partial charge in [-0.05, 0) is 24.6 Å². The van der Waals surface area contributed by atoms with Gasteiger partial charge in [0.15, 0.2) is 6.10 Å². The highest BCUT2D eigenvalue weighted by Crippen LogP contribution is 2.36. The molecule has 0 unspecified atom stereocenters. The molecule has 0 bridgehead atoms. The van der Waals surface area contributed by atoms with Gasteiger partial charge in [0, 0.05) is 30.6 Å². The van der Waals surface area contributed by atoms with Crippen LogP contribution in [-0.4, -0.2) is 83.2 Å². The summed E-state index contributed by atoms with van der Waals surface area (Å²) in [6.45, 7) is 1.98. The maximum atomic E-state index is 9.97. The number of anilines is 1. The molecule has 0 saturated carbocycles. The Morgan fingerprint density at radius 2 is 1.97 bits per heavy atom. The molecule has 3 aliphatic rings. The van der Waals surface area contributed by atoms with Crippen LogP contribution in [0.25, 0.3) is 22.3 Å². The minimum absolute atomic E-state index is 0.219. The number of H-pyrrole nitrogens is 1. The highest BCUT2D eigenvalue weighted by Gasteiger charge is 2.48. The second kappa shape index (κ2) is 8.51. The summed E-state index contributed by atoms with van der Waals surface area (Å²) in [6, 6.07) is 9.73. The molecule has 178 valence electrons. The van der Waals surface area contributed by atoms with Gasteiger partial charge in [0.25, 0.3) is 0 Å². The molecule has 3 aromatic rings. The van der Waals surface area contributed by atoms with Crippen molar-refractivity contribution in [1.29, 1.82) is 5.41 Å². The highest BCUT2D eigenvalue weighted by molar-refractivity contribution is 6.33. The molecule has 1 aromatic carbocycles. The molecule has 9 nitrogen and oxygen atoms in total. The van der Waals surface area contributed by atoms with E-state index in [0.717, 1.165) is 24.2 Å². The molecule has 5 heterocycles. The number of nitrogens with one attached hydrogen (secondary N) is 2. The lowest BCUT2D eigenvalue weighted by molar-refractivity contribution is 0.00792. The molecule has 3 aliphatic heterocycles. The second-order valence-corrected chi connectivity index (χ2v) is 9.39. The van der Waals surface area contributed by atoms with Crippen LogP contribution in [0.15, 0.2) is 30.3 Å². The van der Waals surface area contributed by atoms with Crippen LogP contribution in [0, 0.1) is 5.41 Å². The van der Waals surface area contributed by atoms with Gasteiger partial charge in [0.1, 0.15) is 23.8 Å². The quantitative estimate of drug-likeness (QED) is 0.410. The first-order chi connectivity index (χ1) is 16.5. The van der Waals surface area contributed by atoms with E-state index in [4.69, 9.17) is 36.2 Å². The Morgan fingerprint density at radius 1 is 1.18 bits per heavy atom. The smallest absolute Gasteiger partial charge is 0.203 e. The third-order valence-corrected chi connectivity index (χ3v) is 7.08. The summed E-state index contributed by atoms with van der Waals surface area (Å²) < 4.78 is 17.4. The van der Waals surface area contributed by atoms with Gasteiger partial charge in [-0.3, -0.25) is 0 Å². The predicted octanol–water partition coefficient (Wildman–Crippen LogP) is 2.36. The summed E-state index contributed by atoms with van der Waals surface area (Å²) >= 11 is 6.60. The van der Waals surface area contributed by atoms with Gasteiger partial charge in [-0.1, -0.05) is 23.7 Å². The van der Waals surface area contributed by atoms with Crippen molar-refractivity contribution in [3.05, 3.63) is 40.9 Å². The second-order valence-electron chi connectivity index (χ2n) is 8.98. The molecule has 3 saturated heterocycles. The molecule has 0 aliphatic carbocycles. The van der Waals surface area contributed by atoms with Crippen LogP contribution in [0.2, 0.25) is 5.02 Å². The summed E-state index contributed by atoms with van der Waals surface area (Å²) in [5, 5.41) is 28.2. The number of halogens is 1. The zero-order chi connectivity index (χ0) is 23.4. The Kier molecular flexibility index (Phi) is 5.46. The van der Waals surface area contributed by atoms with Crippen molar-refractivity contribution in [2.75, 3.05) is 31.2 Å². The number of benzene rings is 1. The van der Waals surface area contributed by atoms with E-state index in [1.54, 1.807) is 6.07 Å². The fraction of sp³-hybridized carbons (Fsp3) is 0.417. The maximum absolute atomic E-state index is 9.97. The number of pyridine rings is 1.